The van der Waals surface area contributed by atoms with Crippen molar-refractivity contribution in [3.63, 3.8) is 0 Å². The number of hydrogen-bond donors (Lipinski definition) is 0. The fourth-order valence-corrected chi connectivity index (χ4v) is 5.16. The van der Waals surface area contributed by atoms with Gasteiger partial charge in [-0.15, -0.1) is 0 Å². The summed E-state index contributed by atoms with van der Waals surface area (Å²) in [6, 6.07) is 8.51. The maximum atomic E-state index is 13.1. The van der Waals surface area contributed by atoms with Crippen LogP contribution in [-0.4, -0.2) is 66.3 Å². The highest BCUT2D eigenvalue weighted by atomic mass is 16.2. The highest BCUT2D eigenvalue weighted by Crippen LogP contribution is 2.41. The molecule has 0 saturated carbocycles. The van der Waals surface area contributed by atoms with Gasteiger partial charge < -0.3 is 14.7 Å². The first-order valence-corrected chi connectivity index (χ1v) is 10.3. The van der Waals surface area contributed by atoms with Gasteiger partial charge in [0.15, 0.2) is 0 Å². The lowest BCUT2D eigenvalue weighted by Gasteiger charge is -2.37. The zero-order chi connectivity index (χ0) is 19.0. The van der Waals surface area contributed by atoms with Crippen molar-refractivity contribution in [2.75, 3.05) is 39.8 Å². The molecule has 3 heterocycles. The van der Waals surface area contributed by atoms with Crippen LogP contribution in [0, 0.1) is 12.3 Å². The largest absolute Gasteiger partial charge is 0.334 e. The average Bonchev–Trinajstić information content (AvgIpc) is 3.24. The molecule has 3 saturated heterocycles. The van der Waals surface area contributed by atoms with E-state index in [1.807, 2.05) is 15.9 Å². The Balaban J connectivity index is 1.43. The van der Waals surface area contributed by atoms with Gasteiger partial charge in [-0.05, 0) is 69.3 Å². The molecule has 0 bridgehead atoms. The highest BCUT2D eigenvalue weighted by Gasteiger charge is 2.45. The lowest BCUT2D eigenvalue weighted by atomic mass is 9.78. The number of nitrogens with zero attached hydrogens (tertiary/aromatic N) is 3. The summed E-state index contributed by atoms with van der Waals surface area (Å²) in [4.78, 5) is 31.9. The van der Waals surface area contributed by atoms with E-state index in [1.54, 1.807) is 0 Å². The zero-order valence-corrected chi connectivity index (χ0v) is 16.6. The molecule has 5 nitrogen and oxygen atoms in total. The molecular formula is C22H31N3O2. The fraction of sp³-hybridized carbons (Fsp3) is 0.636. The Labute approximate surface area is 162 Å². The van der Waals surface area contributed by atoms with Crippen molar-refractivity contribution in [1.82, 2.24) is 14.7 Å². The van der Waals surface area contributed by atoms with Crippen LogP contribution >= 0.6 is 0 Å². The summed E-state index contributed by atoms with van der Waals surface area (Å²) in [6.07, 6.45) is 4.80. The molecule has 1 aromatic carbocycles. The van der Waals surface area contributed by atoms with Crippen LogP contribution in [0.3, 0.4) is 0 Å². The summed E-state index contributed by atoms with van der Waals surface area (Å²) in [5, 5.41) is 0. The van der Waals surface area contributed by atoms with Gasteiger partial charge in [0.25, 0.3) is 0 Å². The van der Waals surface area contributed by atoms with Crippen LogP contribution in [0.5, 0.6) is 0 Å². The van der Waals surface area contributed by atoms with E-state index in [4.69, 9.17) is 0 Å². The Bertz CT molecular complexity index is 724. The van der Waals surface area contributed by atoms with Crippen molar-refractivity contribution >= 4 is 11.8 Å². The quantitative estimate of drug-likeness (QED) is 0.823. The second-order valence-corrected chi connectivity index (χ2v) is 8.83. The molecule has 1 aromatic rings. The van der Waals surface area contributed by atoms with Crippen molar-refractivity contribution in [3.8, 4) is 0 Å². The van der Waals surface area contributed by atoms with E-state index in [2.05, 4.69) is 37.1 Å². The maximum Gasteiger partial charge on any atom is 0.242 e. The fourth-order valence-electron chi connectivity index (χ4n) is 5.16. The van der Waals surface area contributed by atoms with Crippen molar-refractivity contribution in [2.24, 2.45) is 5.41 Å². The summed E-state index contributed by atoms with van der Waals surface area (Å²) >= 11 is 0. The van der Waals surface area contributed by atoms with Crippen molar-refractivity contribution in [2.45, 2.75) is 45.1 Å². The third kappa shape index (κ3) is 3.62. The Hall–Kier alpha value is -1.88. The number of likely N-dealkylation sites (tertiary alicyclic amines) is 3. The third-order valence-corrected chi connectivity index (χ3v) is 6.90. The predicted molar refractivity (Wildman–Crippen MR) is 105 cm³/mol. The van der Waals surface area contributed by atoms with Crippen molar-refractivity contribution in [3.05, 3.63) is 35.4 Å². The third-order valence-electron chi connectivity index (χ3n) is 6.90. The molecule has 0 radical (unpaired) electrons. The number of aryl methyl sites for hydroxylation is 1. The van der Waals surface area contributed by atoms with Crippen molar-refractivity contribution < 1.29 is 9.59 Å². The predicted octanol–water partition coefficient (Wildman–Crippen LogP) is 2.60. The minimum absolute atomic E-state index is 0.101. The standard InChI is InChI=1S/C22H31N3O2/c1-17-6-3-4-7-18(17)19-8-5-11-25(19)21(27)15-24-16-22(14-20(24)26)9-12-23(2)13-10-22/h3-4,6-7,19H,5,8-16H2,1-2H3/t19-/m0/s1. The van der Waals surface area contributed by atoms with Crippen LogP contribution in [-0.2, 0) is 9.59 Å². The lowest BCUT2D eigenvalue weighted by molar-refractivity contribution is -0.139. The smallest absolute Gasteiger partial charge is 0.242 e. The van der Waals surface area contributed by atoms with Crippen LogP contribution in [0.25, 0.3) is 0 Å². The molecule has 0 unspecified atom stereocenters. The number of piperidine rings is 1. The zero-order valence-electron chi connectivity index (χ0n) is 16.6. The van der Waals surface area contributed by atoms with Gasteiger partial charge in [-0.2, -0.15) is 0 Å². The lowest BCUT2D eigenvalue weighted by Crippen LogP contribution is -2.43. The van der Waals surface area contributed by atoms with Crippen LogP contribution in [0.1, 0.15) is 49.3 Å². The minimum Gasteiger partial charge on any atom is -0.334 e. The Morgan fingerprint density at radius 1 is 1.19 bits per heavy atom. The number of amides is 2. The second-order valence-electron chi connectivity index (χ2n) is 8.83. The van der Waals surface area contributed by atoms with Crippen LogP contribution in [0.2, 0.25) is 0 Å². The van der Waals surface area contributed by atoms with E-state index in [1.165, 1.54) is 11.1 Å². The summed E-state index contributed by atoms with van der Waals surface area (Å²) in [5.74, 6) is 0.277. The van der Waals surface area contributed by atoms with Gasteiger partial charge in [0, 0.05) is 19.5 Å². The van der Waals surface area contributed by atoms with E-state index in [-0.39, 0.29) is 29.8 Å². The average molecular weight is 370 g/mol. The maximum absolute atomic E-state index is 13.1. The minimum atomic E-state index is 0.101. The first-order chi connectivity index (χ1) is 13.0. The van der Waals surface area contributed by atoms with Gasteiger partial charge in [0.1, 0.15) is 0 Å². The van der Waals surface area contributed by atoms with Gasteiger partial charge in [-0.25, -0.2) is 0 Å². The van der Waals surface area contributed by atoms with E-state index in [9.17, 15) is 9.59 Å². The number of carbonyl (C=O) groups is 2. The van der Waals surface area contributed by atoms with Gasteiger partial charge in [-0.3, -0.25) is 9.59 Å². The first kappa shape index (κ1) is 18.5. The molecular weight excluding hydrogens is 338 g/mol. The SMILES string of the molecule is Cc1ccccc1[C@@H]1CCCN1C(=O)CN1CC2(CCN(C)CC2)CC1=O. The number of carbonyl (C=O) groups excluding carboxylic acids is 2. The second kappa shape index (κ2) is 7.27. The summed E-state index contributed by atoms with van der Waals surface area (Å²) < 4.78 is 0. The van der Waals surface area contributed by atoms with Crippen LogP contribution < -0.4 is 0 Å². The molecule has 1 spiro atoms. The molecule has 3 aliphatic heterocycles. The molecule has 0 N–H and O–H groups in total. The van der Waals surface area contributed by atoms with Gasteiger partial charge in [0.05, 0.1) is 12.6 Å². The molecule has 3 fully saturated rings. The summed E-state index contributed by atoms with van der Waals surface area (Å²) in [7, 11) is 2.14. The number of rotatable bonds is 3. The molecule has 0 aromatic heterocycles. The first-order valence-electron chi connectivity index (χ1n) is 10.3. The van der Waals surface area contributed by atoms with Gasteiger partial charge >= 0.3 is 0 Å². The molecule has 4 rings (SSSR count). The van der Waals surface area contributed by atoms with Crippen LogP contribution in [0.4, 0.5) is 0 Å². The molecule has 3 aliphatic rings. The molecule has 27 heavy (non-hydrogen) atoms. The van der Waals surface area contributed by atoms with E-state index in [0.29, 0.717) is 6.42 Å². The van der Waals surface area contributed by atoms with E-state index >= 15 is 0 Å². The number of hydrogen-bond acceptors (Lipinski definition) is 3. The Kier molecular flexibility index (Phi) is 4.97. The highest BCUT2D eigenvalue weighted by molar-refractivity contribution is 5.87. The Morgan fingerprint density at radius 3 is 2.67 bits per heavy atom. The van der Waals surface area contributed by atoms with Crippen LogP contribution in [0.15, 0.2) is 24.3 Å². The van der Waals surface area contributed by atoms with E-state index in [0.717, 1.165) is 51.9 Å². The Morgan fingerprint density at radius 2 is 1.93 bits per heavy atom. The molecule has 0 aliphatic carbocycles. The monoisotopic (exact) mass is 369 g/mol. The van der Waals surface area contributed by atoms with Crippen molar-refractivity contribution in [1.29, 1.82) is 0 Å². The normalized spacial score (nSPS) is 25.6. The summed E-state index contributed by atoms with van der Waals surface area (Å²) in [6.45, 7) is 6.03. The van der Waals surface area contributed by atoms with Gasteiger partial charge in [-0.1, -0.05) is 24.3 Å². The molecule has 146 valence electrons. The molecule has 1 atom stereocenters. The molecule has 5 heteroatoms. The summed E-state index contributed by atoms with van der Waals surface area (Å²) in [5.41, 5.74) is 2.59. The van der Waals surface area contributed by atoms with E-state index < -0.39 is 0 Å². The molecule has 2 amide bonds. The number of benzene rings is 1. The topological polar surface area (TPSA) is 43.9 Å². The van der Waals surface area contributed by atoms with Gasteiger partial charge in [0.2, 0.25) is 11.8 Å².